The third kappa shape index (κ3) is 6.38. The molecule has 2 rings (SSSR count). The highest BCUT2D eigenvalue weighted by atomic mass is 31.2. The van der Waals surface area contributed by atoms with Crippen LogP contribution in [0.15, 0.2) is 34.1 Å². The Bertz CT molecular complexity index is 1070. The number of nitrogens with two attached hydrogens (primary N) is 2. The summed E-state index contributed by atoms with van der Waals surface area (Å²) in [5.74, 6) is -0.550. The number of rotatable bonds is 8. The van der Waals surface area contributed by atoms with E-state index in [0.29, 0.717) is 36.3 Å². The fraction of sp³-hybridized carbons (Fsp3) is 0.409. The van der Waals surface area contributed by atoms with Crippen molar-refractivity contribution in [3.8, 4) is 5.75 Å². The van der Waals surface area contributed by atoms with Gasteiger partial charge in [-0.25, -0.2) is 9.67 Å². The zero-order valence-corrected chi connectivity index (χ0v) is 20.1. The third-order valence-electron chi connectivity index (χ3n) is 4.51. The average molecular weight is 462 g/mol. The summed E-state index contributed by atoms with van der Waals surface area (Å²) in [5, 5.41) is 15.4. The van der Waals surface area contributed by atoms with E-state index in [1.807, 2.05) is 0 Å². The van der Waals surface area contributed by atoms with Crippen molar-refractivity contribution in [3.63, 3.8) is 0 Å². The first-order chi connectivity index (χ1) is 15.0. The molecule has 0 amide bonds. The summed E-state index contributed by atoms with van der Waals surface area (Å²) in [6, 6.07) is 4.72. The van der Waals surface area contributed by atoms with Crippen LogP contribution in [0.3, 0.4) is 0 Å². The molecule has 1 atom stereocenters. The van der Waals surface area contributed by atoms with Crippen molar-refractivity contribution in [3.05, 3.63) is 45.9 Å². The number of hydrogen-bond donors (Lipinski definition) is 4. The molecule has 1 aromatic carbocycles. The first-order valence-corrected chi connectivity index (χ1v) is 11.5. The minimum Gasteiger partial charge on any atom is -0.505 e. The number of nitrogen functional groups attached to an aromatic ring is 1. The van der Waals surface area contributed by atoms with Crippen molar-refractivity contribution in [1.82, 2.24) is 9.78 Å². The van der Waals surface area contributed by atoms with Gasteiger partial charge >= 0.3 is 0 Å². The van der Waals surface area contributed by atoms with Gasteiger partial charge in [0.2, 0.25) is 8.38 Å². The number of aliphatic imine (C=N–C) groups is 1. The molecule has 2 aromatic rings. The molecule has 0 aliphatic carbocycles. The summed E-state index contributed by atoms with van der Waals surface area (Å²) in [4.78, 5) is 27.8. The van der Waals surface area contributed by atoms with Crippen molar-refractivity contribution in [2.45, 2.75) is 47.6 Å². The summed E-state index contributed by atoms with van der Waals surface area (Å²) in [7, 11) is -1.98. The molecular formula is C22H32N5O4P. The highest BCUT2D eigenvalue weighted by Gasteiger charge is 2.21. The Hall–Kier alpha value is -2.74. The van der Waals surface area contributed by atoms with E-state index in [2.05, 4.69) is 30.9 Å². The maximum Gasteiger partial charge on any atom is 0.281 e. The van der Waals surface area contributed by atoms with Crippen LogP contribution in [0.1, 0.15) is 52.3 Å². The standard InChI is InChI=1S/C22H32N5O4P/c1-6-8-16-19(28)18(21(29)27(26-16)12-11-22(3,4)5)20(24)25-15-10-9-14(23)13-17(15)32(30)31-7-2/h6,8-10,13,28,30H,7,11-12,23H2,1-5H3,(H2,24,25)/b8-6+. The molecule has 0 spiro atoms. The molecule has 0 aliphatic heterocycles. The number of amidine groups is 1. The SMILES string of the molecule is C/C=C/c1nn(CCC(C)(C)C)c(=O)c(C(N)=Nc2ccc(N)cc2P(O)OCC)c1O. The zero-order chi connectivity index (χ0) is 24.1. The van der Waals surface area contributed by atoms with Gasteiger partial charge in [-0.15, -0.1) is 0 Å². The van der Waals surface area contributed by atoms with Gasteiger partial charge in [-0.1, -0.05) is 26.8 Å². The molecule has 0 fully saturated rings. The van der Waals surface area contributed by atoms with Crippen molar-refractivity contribution in [1.29, 1.82) is 0 Å². The van der Waals surface area contributed by atoms with Crippen LogP contribution in [0.4, 0.5) is 11.4 Å². The second-order valence-electron chi connectivity index (χ2n) is 8.38. The smallest absolute Gasteiger partial charge is 0.281 e. The van der Waals surface area contributed by atoms with E-state index in [1.165, 1.54) is 4.68 Å². The highest BCUT2D eigenvalue weighted by molar-refractivity contribution is 7.55. The Balaban J connectivity index is 2.65. The van der Waals surface area contributed by atoms with Gasteiger partial charge in [-0.3, -0.25) is 4.79 Å². The van der Waals surface area contributed by atoms with Gasteiger partial charge in [0.1, 0.15) is 17.1 Å². The van der Waals surface area contributed by atoms with Crippen LogP contribution in [-0.4, -0.2) is 32.2 Å². The first-order valence-electron chi connectivity index (χ1n) is 10.3. The molecule has 0 aliphatic rings. The molecule has 1 heterocycles. The lowest BCUT2D eigenvalue weighted by molar-refractivity contribution is 0.334. The van der Waals surface area contributed by atoms with E-state index in [1.54, 1.807) is 44.2 Å². The van der Waals surface area contributed by atoms with E-state index < -0.39 is 13.9 Å². The summed E-state index contributed by atoms with van der Waals surface area (Å²) in [6.07, 6.45) is 3.99. The maximum atomic E-state index is 13.1. The fourth-order valence-electron chi connectivity index (χ4n) is 2.84. The molecule has 6 N–H and O–H groups in total. The van der Waals surface area contributed by atoms with Gasteiger partial charge in [-0.2, -0.15) is 5.10 Å². The number of anilines is 1. The van der Waals surface area contributed by atoms with E-state index in [0.717, 1.165) is 0 Å². The van der Waals surface area contributed by atoms with Crippen molar-refractivity contribution in [2.24, 2.45) is 16.1 Å². The Morgan fingerprint density at radius 2 is 2.06 bits per heavy atom. The Morgan fingerprint density at radius 1 is 1.38 bits per heavy atom. The predicted molar refractivity (Wildman–Crippen MR) is 131 cm³/mol. The monoisotopic (exact) mass is 461 g/mol. The third-order valence-corrected chi connectivity index (χ3v) is 5.78. The van der Waals surface area contributed by atoms with Crippen molar-refractivity contribution < 1.29 is 14.5 Å². The number of benzene rings is 1. The van der Waals surface area contributed by atoms with E-state index in [4.69, 9.17) is 16.0 Å². The lowest BCUT2D eigenvalue weighted by Crippen LogP contribution is -2.33. The highest BCUT2D eigenvalue weighted by Crippen LogP contribution is 2.35. The lowest BCUT2D eigenvalue weighted by atomic mass is 9.92. The molecule has 1 unspecified atom stereocenters. The molecule has 1 aromatic heterocycles. The molecule has 0 saturated carbocycles. The van der Waals surface area contributed by atoms with Gasteiger partial charge in [0, 0.05) is 12.2 Å². The van der Waals surface area contributed by atoms with Gasteiger partial charge in [0.15, 0.2) is 5.75 Å². The van der Waals surface area contributed by atoms with Crippen LogP contribution >= 0.6 is 8.38 Å². The average Bonchev–Trinajstić information content (AvgIpc) is 2.70. The molecule has 174 valence electrons. The van der Waals surface area contributed by atoms with Gasteiger partial charge in [0.25, 0.3) is 5.56 Å². The van der Waals surface area contributed by atoms with Crippen molar-refractivity contribution >= 4 is 37.0 Å². The molecule has 9 nitrogen and oxygen atoms in total. The number of aromatic hydroxyl groups is 1. The second kappa shape index (κ2) is 10.7. The molecule has 0 bridgehead atoms. The van der Waals surface area contributed by atoms with Gasteiger partial charge in [0.05, 0.1) is 17.6 Å². The van der Waals surface area contributed by atoms with E-state index in [9.17, 15) is 14.8 Å². The number of aromatic nitrogens is 2. The summed E-state index contributed by atoms with van der Waals surface area (Å²) >= 11 is 0. The van der Waals surface area contributed by atoms with Crippen LogP contribution in [-0.2, 0) is 11.1 Å². The van der Waals surface area contributed by atoms with Gasteiger partial charge in [-0.05, 0) is 50.0 Å². The first kappa shape index (κ1) is 25.5. The number of nitrogens with zero attached hydrogens (tertiary/aromatic N) is 3. The predicted octanol–water partition coefficient (Wildman–Crippen LogP) is 3.00. The summed E-state index contributed by atoms with van der Waals surface area (Å²) in [6.45, 7) is 10.4. The normalized spacial score (nSPS) is 13.6. The minimum absolute atomic E-state index is 0.0178. The molecule has 0 saturated heterocycles. The quantitative estimate of drug-likeness (QED) is 0.204. The molecule has 10 heteroatoms. The number of allylic oxidation sites excluding steroid dienone is 1. The van der Waals surface area contributed by atoms with Crippen LogP contribution in [0.5, 0.6) is 5.75 Å². The second-order valence-corrected chi connectivity index (χ2v) is 9.67. The Morgan fingerprint density at radius 3 is 2.66 bits per heavy atom. The van der Waals surface area contributed by atoms with Crippen molar-refractivity contribution in [2.75, 3.05) is 12.3 Å². The Kier molecular flexibility index (Phi) is 8.55. The topological polar surface area (TPSA) is 149 Å². The van der Waals surface area contributed by atoms with Crippen LogP contribution in [0.2, 0.25) is 0 Å². The lowest BCUT2D eigenvalue weighted by Gasteiger charge is -2.19. The summed E-state index contributed by atoms with van der Waals surface area (Å²) < 4.78 is 6.61. The Labute approximate surface area is 189 Å². The molecule has 0 radical (unpaired) electrons. The largest absolute Gasteiger partial charge is 0.505 e. The number of aryl methyl sites for hydroxylation is 1. The fourth-order valence-corrected chi connectivity index (χ4v) is 3.80. The van der Waals surface area contributed by atoms with Crippen LogP contribution in [0, 0.1) is 5.41 Å². The van der Waals surface area contributed by atoms with Crippen LogP contribution < -0.4 is 22.3 Å². The van der Waals surface area contributed by atoms with E-state index in [-0.39, 0.29) is 28.3 Å². The number of hydrogen-bond acceptors (Lipinski definition) is 7. The molecule has 32 heavy (non-hydrogen) atoms. The van der Waals surface area contributed by atoms with E-state index >= 15 is 0 Å². The minimum atomic E-state index is -1.98. The maximum absolute atomic E-state index is 13.1. The summed E-state index contributed by atoms with van der Waals surface area (Å²) in [5.41, 5.74) is 12.3. The van der Waals surface area contributed by atoms with Gasteiger partial charge < -0.3 is 26.0 Å². The molecular weight excluding hydrogens is 429 g/mol. The van der Waals surface area contributed by atoms with Crippen LogP contribution in [0.25, 0.3) is 6.08 Å². The zero-order valence-electron chi connectivity index (χ0n) is 19.2.